The highest BCUT2D eigenvalue weighted by Crippen LogP contribution is 2.49. The number of carbonyl (C=O) groups is 2. The van der Waals surface area contributed by atoms with E-state index < -0.39 is 71.5 Å². The fraction of sp³-hybridized carbons (Fsp3) is 0.405. The molecule has 12 nitrogen and oxygen atoms in total. The molecule has 3 N–H and O–H groups in total. The van der Waals surface area contributed by atoms with Gasteiger partial charge in [-0.3, -0.25) is 19.8 Å². The van der Waals surface area contributed by atoms with E-state index in [1.54, 1.807) is 55.9 Å². The molecule has 2 atom stereocenters. The molecule has 2 aliphatic carbocycles. The Kier molecular flexibility index (Phi) is 9.49. The summed E-state index contributed by atoms with van der Waals surface area (Å²) in [4.78, 5) is 32.6. The van der Waals surface area contributed by atoms with E-state index in [9.17, 15) is 31.1 Å². The van der Waals surface area contributed by atoms with E-state index in [2.05, 4.69) is 27.1 Å². The first-order valence-corrected chi connectivity index (χ1v) is 17.9. The van der Waals surface area contributed by atoms with Crippen molar-refractivity contribution in [1.82, 2.24) is 40.1 Å². The monoisotopic (exact) mass is 803 g/mol. The number of alkyl carbamates (subject to hydrolysis) is 1. The van der Waals surface area contributed by atoms with E-state index in [4.69, 9.17) is 21.7 Å². The lowest BCUT2D eigenvalue weighted by Crippen LogP contribution is -2.49. The second-order valence-electron chi connectivity index (χ2n) is 15.1. The largest absolute Gasteiger partial charge is 0.447 e. The van der Waals surface area contributed by atoms with Gasteiger partial charge < -0.3 is 15.4 Å². The number of nitrogens with one attached hydrogen (secondary N) is 3. The van der Waals surface area contributed by atoms with Crippen molar-refractivity contribution >= 4 is 29.6 Å². The maximum Gasteiger partial charge on any atom is 0.411 e. The van der Waals surface area contributed by atoms with Crippen LogP contribution in [-0.2, 0) is 15.1 Å². The van der Waals surface area contributed by atoms with Gasteiger partial charge in [-0.05, 0) is 65.5 Å². The highest BCUT2D eigenvalue weighted by Gasteiger charge is 2.65. The summed E-state index contributed by atoms with van der Waals surface area (Å²) < 4.78 is 91.5. The highest BCUT2D eigenvalue weighted by molar-refractivity contribution is 6.32. The van der Waals surface area contributed by atoms with Gasteiger partial charge in [-0.15, -0.1) is 5.10 Å². The molecule has 3 heterocycles. The first kappa shape index (κ1) is 38.9. The molecule has 296 valence electrons. The molecule has 56 heavy (non-hydrogen) atoms. The Bertz CT molecular complexity index is 2220. The topological polar surface area (TPSA) is 143 Å². The Balaban J connectivity index is 1.29. The van der Waals surface area contributed by atoms with Crippen molar-refractivity contribution in [2.75, 3.05) is 6.61 Å². The van der Waals surface area contributed by atoms with E-state index in [0.29, 0.717) is 16.7 Å². The molecule has 3 fully saturated rings. The summed E-state index contributed by atoms with van der Waals surface area (Å²) in [5, 5.41) is 21.8. The number of nitrogens with zero attached hydrogens (tertiary/aromatic N) is 6. The van der Waals surface area contributed by atoms with Gasteiger partial charge in [0.2, 0.25) is 5.95 Å². The van der Waals surface area contributed by atoms with Gasteiger partial charge in [-0.1, -0.05) is 69.3 Å². The third kappa shape index (κ3) is 6.77. The van der Waals surface area contributed by atoms with Crippen molar-refractivity contribution < 1.29 is 40.7 Å². The van der Waals surface area contributed by atoms with Crippen molar-refractivity contribution in [2.24, 2.45) is 5.41 Å². The summed E-state index contributed by atoms with van der Waals surface area (Å²) in [5.74, 6) is -2.70. The number of hydrogen-bond donors (Lipinski definition) is 3. The summed E-state index contributed by atoms with van der Waals surface area (Å²) in [6.45, 7) is 8.89. The first-order chi connectivity index (χ1) is 26.3. The van der Waals surface area contributed by atoms with Gasteiger partial charge in [-0.25, -0.2) is 23.2 Å². The van der Waals surface area contributed by atoms with Gasteiger partial charge in [0.1, 0.15) is 18.5 Å². The lowest BCUT2D eigenvalue weighted by atomic mass is 9.71. The van der Waals surface area contributed by atoms with Crippen LogP contribution in [0.15, 0.2) is 67.1 Å². The maximum absolute atomic E-state index is 15.1. The van der Waals surface area contributed by atoms with E-state index in [1.807, 2.05) is 5.32 Å². The minimum atomic E-state index is -4.75. The van der Waals surface area contributed by atoms with Crippen LogP contribution in [0.1, 0.15) is 81.9 Å². The molecule has 2 amide bonds. The number of carbonyl (C=O) groups excluding carboxylic acids is 2. The van der Waals surface area contributed by atoms with Gasteiger partial charge in [0, 0.05) is 6.20 Å². The zero-order valence-corrected chi connectivity index (χ0v) is 31.0. The Labute approximate surface area is 321 Å². The zero-order chi connectivity index (χ0) is 40.5. The van der Waals surface area contributed by atoms with E-state index in [0.717, 1.165) is 28.8 Å². The number of alkyl halides is 5. The molecule has 1 saturated heterocycles. The summed E-state index contributed by atoms with van der Waals surface area (Å²) in [6.07, 6.45) is -5.66. The number of amides is 2. The van der Waals surface area contributed by atoms with Crippen LogP contribution in [0.3, 0.4) is 0 Å². The number of hydrogen-bond acceptors (Lipinski definition) is 7. The van der Waals surface area contributed by atoms with Crippen molar-refractivity contribution in [3.8, 4) is 16.8 Å². The normalized spacial score (nSPS) is 19.9. The van der Waals surface area contributed by atoms with Crippen molar-refractivity contribution in [3.63, 3.8) is 0 Å². The van der Waals surface area contributed by atoms with Crippen LogP contribution in [0.5, 0.6) is 0 Å². The van der Waals surface area contributed by atoms with E-state index >= 15 is 4.79 Å². The number of halogens is 7. The van der Waals surface area contributed by atoms with E-state index in [-0.39, 0.29) is 40.7 Å². The smallest absolute Gasteiger partial charge is 0.411 e. The predicted octanol–water partition coefficient (Wildman–Crippen LogP) is 7.92. The standard InChI is InChI=1S/C37H36ClF6N9O3/c1-19(34(2,3)4)36(22-8-5-20(6-9-22)24-16-51(23-10-11-23)50-29(24)41)31(54)52(32(45)48-36)27(17-56-33(55)49-35(13-14-35)37(42,43)44)21-7-12-25(38)26(15-21)53-30(28(39)40)46-18-47-53/h5-9,12,15-16,18,23,27-28H,1,10-11,13-14,17H2,2-4H3,(H2,45,48)(H,49,55)/t27-,36-/m1/s1. The number of aromatic nitrogens is 5. The van der Waals surface area contributed by atoms with Gasteiger partial charge in [0.15, 0.2) is 17.3 Å². The third-order valence-electron chi connectivity index (χ3n) is 10.4. The molecule has 2 aromatic heterocycles. The third-order valence-corrected chi connectivity index (χ3v) is 10.7. The minimum absolute atomic E-state index is 0.0602. The lowest BCUT2D eigenvalue weighted by molar-refractivity contribution is -0.164. The molecular weight excluding hydrogens is 768 g/mol. The summed E-state index contributed by atoms with van der Waals surface area (Å²) in [7, 11) is 0. The molecule has 0 unspecified atom stereocenters. The fourth-order valence-corrected chi connectivity index (χ4v) is 6.99. The summed E-state index contributed by atoms with van der Waals surface area (Å²) in [6, 6.07) is 9.05. The number of ether oxygens (including phenoxy) is 1. The fourth-order valence-electron chi connectivity index (χ4n) is 6.79. The van der Waals surface area contributed by atoms with Crippen LogP contribution < -0.4 is 10.6 Å². The Morgan fingerprint density at radius 3 is 2.41 bits per heavy atom. The molecule has 2 saturated carbocycles. The molecule has 0 bridgehead atoms. The molecule has 4 aromatic rings. The number of benzene rings is 2. The Morgan fingerprint density at radius 1 is 1.14 bits per heavy atom. The van der Waals surface area contributed by atoms with Gasteiger partial charge in [0.05, 0.1) is 28.4 Å². The molecular formula is C37H36ClF6N9O3. The second-order valence-corrected chi connectivity index (χ2v) is 15.5. The highest BCUT2D eigenvalue weighted by atomic mass is 35.5. The van der Waals surface area contributed by atoms with Crippen molar-refractivity contribution in [2.45, 2.75) is 82.2 Å². The quantitative estimate of drug-likeness (QED) is 0.103. The molecule has 1 aliphatic heterocycles. The molecule has 19 heteroatoms. The van der Waals surface area contributed by atoms with Crippen LogP contribution in [0.25, 0.3) is 16.8 Å². The van der Waals surface area contributed by atoms with Crippen LogP contribution >= 0.6 is 11.6 Å². The maximum atomic E-state index is 15.1. The van der Waals surface area contributed by atoms with Crippen LogP contribution in [0.2, 0.25) is 5.02 Å². The average Bonchev–Trinajstić information content (AvgIpc) is 4.02. The van der Waals surface area contributed by atoms with Gasteiger partial charge >= 0.3 is 12.3 Å². The number of guanidine groups is 1. The predicted molar refractivity (Wildman–Crippen MR) is 190 cm³/mol. The lowest BCUT2D eigenvalue weighted by Gasteiger charge is -2.37. The SMILES string of the molecule is C=C(C(C)(C)C)[C@]1(c2ccc(-c3cn(C4CC4)nc3F)cc2)NC(=N)N([C@H](COC(=O)NC2(C(F)(F)F)CC2)c2ccc(Cl)c(-n3ncnc3C(F)F)c2)C1=O. The Hall–Kier alpha value is -5.39. The minimum Gasteiger partial charge on any atom is -0.447 e. The Morgan fingerprint density at radius 2 is 1.82 bits per heavy atom. The van der Waals surface area contributed by atoms with Crippen molar-refractivity contribution in [1.29, 1.82) is 5.41 Å². The van der Waals surface area contributed by atoms with Crippen molar-refractivity contribution in [3.05, 3.63) is 95.1 Å². The van der Waals surface area contributed by atoms with Crippen LogP contribution in [-0.4, -0.2) is 65.7 Å². The van der Waals surface area contributed by atoms with Gasteiger partial charge in [0.25, 0.3) is 12.3 Å². The molecule has 0 radical (unpaired) electrons. The second kappa shape index (κ2) is 13.7. The van der Waals surface area contributed by atoms with E-state index in [1.165, 1.54) is 18.2 Å². The van der Waals surface area contributed by atoms with Crippen LogP contribution in [0, 0.1) is 16.8 Å². The molecule has 2 aromatic carbocycles. The zero-order valence-electron chi connectivity index (χ0n) is 30.2. The summed E-state index contributed by atoms with van der Waals surface area (Å²) >= 11 is 6.43. The summed E-state index contributed by atoms with van der Waals surface area (Å²) in [5.41, 5.74) is -3.77. The molecule has 0 spiro atoms. The van der Waals surface area contributed by atoms with Crippen LogP contribution in [0.4, 0.5) is 31.1 Å². The molecule has 7 rings (SSSR count). The first-order valence-electron chi connectivity index (χ1n) is 17.5. The number of rotatable bonds is 11. The van der Waals surface area contributed by atoms with Gasteiger partial charge in [-0.2, -0.15) is 22.7 Å². The molecule has 3 aliphatic rings. The average molecular weight is 804 g/mol.